The summed E-state index contributed by atoms with van der Waals surface area (Å²) in [6.45, 7) is 6.92. The normalized spacial score (nSPS) is 12.0. The van der Waals surface area contributed by atoms with E-state index < -0.39 is 6.10 Å². The van der Waals surface area contributed by atoms with Gasteiger partial charge in [-0.3, -0.25) is 4.79 Å². The standard InChI is InChI=1S/C21H28N2O3.ClH/c1-21(2,3)23-20(25)15-26-18-11-9-16(10-12-18)13-22-14-19(24)17-7-5-4-6-8-17;/h4-12,19,22,24H,13-15H2,1-3H3,(H,23,25);1H. The molecule has 3 N–H and O–H groups in total. The molecule has 2 rings (SSSR count). The van der Waals surface area contributed by atoms with Crippen LogP contribution in [-0.4, -0.2) is 29.7 Å². The molecular formula is C21H29ClN2O3. The summed E-state index contributed by atoms with van der Waals surface area (Å²) in [4.78, 5) is 11.8. The summed E-state index contributed by atoms with van der Waals surface area (Å²) in [5.41, 5.74) is 1.72. The van der Waals surface area contributed by atoms with Crippen molar-refractivity contribution in [3.8, 4) is 5.75 Å². The first-order chi connectivity index (χ1) is 12.3. The summed E-state index contributed by atoms with van der Waals surface area (Å²) in [6, 6.07) is 17.2. The van der Waals surface area contributed by atoms with Gasteiger partial charge in [0.25, 0.3) is 5.91 Å². The van der Waals surface area contributed by atoms with Gasteiger partial charge >= 0.3 is 0 Å². The number of carbonyl (C=O) groups excluding carboxylic acids is 1. The van der Waals surface area contributed by atoms with Crippen molar-refractivity contribution in [2.24, 2.45) is 0 Å². The molecule has 0 aromatic heterocycles. The molecule has 148 valence electrons. The molecule has 0 saturated heterocycles. The summed E-state index contributed by atoms with van der Waals surface area (Å²) in [7, 11) is 0. The number of aliphatic hydroxyl groups is 1. The van der Waals surface area contributed by atoms with Crippen molar-refractivity contribution in [3.05, 3.63) is 65.7 Å². The van der Waals surface area contributed by atoms with Crippen LogP contribution in [0, 0.1) is 0 Å². The number of benzene rings is 2. The Bertz CT molecular complexity index is 685. The van der Waals surface area contributed by atoms with Gasteiger partial charge in [-0.05, 0) is 44.0 Å². The Morgan fingerprint density at radius 1 is 1.07 bits per heavy atom. The maximum Gasteiger partial charge on any atom is 0.258 e. The SMILES string of the molecule is CC(C)(C)NC(=O)COc1ccc(CNCC(O)c2ccccc2)cc1.Cl. The second-order valence-corrected chi connectivity index (χ2v) is 7.29. The summed E-state index contributed by atoms with van der Waals surface area (Å²) in [5, 5.41) is 16.2. The van der Waals surface area contributed by atoms with Gasteiger partial charge in [-0.25, -0.2) is 0 Å². The fraction of sp³-hybridized carbons (Fsp3) is 0.381. The Morgan fingerprint density at radius 2 is 1.70 bits per heavy atom. The minimum absolute atomic E-state index is 0. The highest BCUT2D eigenvalue weighted by Gasteiger charge is 2.13. The fourth-order valence-electron chi connectivity index (χ4n) is 2.45. The lowest BCUT2D eigenvalue weighted by Crippen LogP contribution is -2.43. The minimum atomic E-state index is -0.528. The Balaban J connectivity index is 0.00000364. The number of amides is 1. The van der Waals surface area contributed by atoms with Crippen molar-refractivity contribution in [2.45, 2.75) is 39.0 Å². The molecule has 5 nitrogen and oxygen atoms in total. The maximum atomic E-state index is 11.8. The Kier molecular flexibility index (Phi) is 9.29. The lowest BCUT2D eigenvalue weighted by molar-refractivity contribution is -0.124. The van der Waals surface area contributed by atoms with Crippen LogP contribution < -0.4 is 15.4 Å². The molecule has 2 aromatic rings. The zero-order chi connectivity index (χ0) is 19.0. The number of hydrogen-bond donors (Lipinski definition) is 3. The number of carbonyl (C=O) groups is 1. The fourth-order valence-corrected chi connectivity index (χ4v) is 2.45. The second kappa shape index (κ2) is 10.9. The highest BCUT2D eigenvalue weighted by molar-refractivity contribution is 5.85. The predicted molar refractivity (Wildman–Crippen MR) is 110 cm³/mol. The van der Waals surface area contributed by atoms with Gasteiger partial charge in [0.1, 0.15) is 5.75 Å². The van der Waals surface area contributed by atoms with E-state index in [1.165, 1.54) is 0 Å². The molecule has 0 bridgehead atoms. The van der Waals surface area contributed by atoms with Gasteiger partial charge in [-0.15, -0.1) is 12.4 Å². The second-order valence-electron chi connectivity index (χ2n) is 7.29. The Morgan fingerprint density at radius 3 is 2.30 bits per heavy atom. The van der Waals surface area contributed by atoms with Gasteiger partial charge in [0.05, 0.1) is 6.10 Å². The van der Waals surface area contributed by atoms with Crippen LogP contribution in [0.1, 0.15) is 38.0 Å². The first-order valence-corrected chi connectivity index (χ1v) is 8.80. The van der Waals surface area contributed by atoms with Gasteiger partial charge in [-0.2, -0.15) is 0 Å². The van der Waals surface area contributed by atoms with Crippen LogP contribution in [0.4, 0.5) is 0 Å². The van der Waals surface area contributed by atoms with Gasteiger partial charge < -0.3 is 20.5 Å². The van der Waals surface area contributed by atoms with Crippen LogP contribution >= 0.6 is 12.4 Å². The van der Waals surface area contributed by atoms with Crippen molar-refractivity contribution < 1.29 is 14.6 Å². The van der Waals surface area contributed by atoms with Crippen molar-refractivity contribution >= 4 is 18.3 Å². The molecule has 0 radical (unpaired) electrons. The van der Waals surface area contributed by atoms with Crippen molar-refractivity contribution in [1.82, 2.24) is 10.6 Å². The van der Waals surface area contributed by atoms with Crippen molar-refractivity contribution in [2.75, 3.05) is 13.2 Å². The van der Waals surface area contributed by atoms with Crippen LogP contribution in [-0.2, 0) is 11.3 Å². The topological polar surface area (TPSA) is 70.6 Å². The summed E-state index contributed by atoms with van der Waals surface area (Å²) < 4.78 is 5.50. The minimum Gasteiger partial charge on any atom is -0.484 e. The average molecular weight is 393 g/mol. The molecule has 1 unspecified atom stereocenters. The average Bonchev–Trinajstić information content (AvgIpc) is 2.60. The number of aliphatic hydroxyl groups excluding tert-OH is 1. The van der Waals surface area contributed by atoms with E-state index in [-0.39, 0.29) is 30.5 Å². The van der Waals surface area contributed by atoms with Crippen molar-refractivity contribution in [3.63, 3.8) is 0 Å². The number of rotatable bonds is 8. The number of hydrogen-bond acceptors (Lipinski definition) is 4. The molecule has 0 aliphatic carbocycles. The molecule has 0 saturated carbocycles. The summed E-state index contributed by atoms with van der Waals surface area (Å²) in [6.07, 6.45) is -0.528. The number of halogens is 1. The lowest BCUT2D eigenvalue weighted by atomic mass is 10.1. The van der Waals surface area contributed by atoms with E-state index in [1.807, 2.05) is 75.4 Å². The van der Waals surface area contributed by atoms with E-state index in [1.54, 1.807) is 0 Å². The monoisotopic (exact) mass is 392 g/mol. The summed E-state index contributed by atoms with van der Waals surface area (Å²) >= 11 is 0. The van der Waals surface area contributed by atoms with Crippen LogP contribution in [0.3, 0.4) is 0 Å². The van der Waals surface area contributed by atoms with E-state index in [0.29, 0.717) is 18.8 Å². The Hall–Kier alpha value is -2.08. The molecule has 27 heavy (non-hydrogen) atoms. The molecule has 0 spiro atoms. The third-order valence-electron chi connectivity index (χ3n) is 3.66. The lowest BCUT2D eigenvalue weighted by Gasteiger charge is -2.20. The molecular weight excluding hydrogens is 364 g/mol. The van der Waals surface area contributed by atoms with Gasteiger partial charge in [0.15, 0.2) is 6.61 Å². The third-order valence-corrected chi connectivity index (χ3v) is 3.66. The molecule has 0 fully saturated rings. The quantitative estimate of drug-likeness (QED) is 0.645. The largest absolute Gasteiger partial charge is 0.484 e. The number of ether oxygens (including phenoxy) is 1. The van der Waals surface area contributed by atoms with E-state index >= 15 is 0 Å². The van der Waals surface area contributed by atoms with Crippen LogP contribution in [0.5, 0.6) is 5.75 Å². The maximum absolute atomic E-state index is 11.8. The van der Waals surface area contributed by atoms with Crippen LogP contribution in [0.15, 0.2) is 54.6 Å². The zero-order valence-electron chi connectivity index (χ0n) is 16.1. The zero-order valence-corrected chi connectivity index (χ0v) is 16.9. The summed E-state index contributed by atoms with van der Waals surface area (Å²) in [5.74, 6) is 0.514. The van der Waals surface area contributed by atoms with E-state index in [4.69, 9.17) is 4.74 Å². The third kappa shape index (κ3) is 8.91. The van der Waals surface area contributed by atoms with Crippen LogP contribution in [0.25, 0.3) is 0 Å². The first-order valence-electron chi connectivity index (χ1n) is 8.80. The molecule has 2 aromatic carbocycles. The highest BCUT2D eigenvalue weighted by atomic mass is 35.5. The molecule has 0 aliphatic heterocycles. The van der Waals surface area contributed by atoms with E-state index in [9.17, 15) is 9.90 Å². The van der Waals surface area contributed by atoms with Crippen molar-refractivity contribution in [1.29, 1.82) is 0 Å². The number of nitrogens with one attached hydrogen (secondary N) is 2. The molecule has 6 heteroatoms. The molecule has 0 heterocycles. The highest BCUT2D eigenvalue weighted by Crippen LogP contribution is 2.13. The van der Waals surface area contributed by atoms with E-state index in [2.05, 4.69) is 10.6 Å². The predicted octanol–water partition coefficient (Wildman–Crippen LogP) is 3.23. The smallest absolute Gasteiger partial charge is 0.258 e. The molecule has 1 amide bonds. The van der Waals surface area contributed by atoms with Crippen LogP contribution in [0.2, 0.25) is 0 Å². The first kappa shape index (κ1) is 23.0. The molecule has 1 atom stereocenters. The van der Waals surface area contributed by atoms with Gasteiger partial charge in [0.2, 0.25) is 0 Å². The van der Waals surface area contributed by atoms with E-state index in [0.717, 1.165) is 11.1 Å². The van der Waals surface area contributed by atoms with Gasteiger partial charge in [-0.1, -0.05) is 42.5 Å². The Labute approximate surface area is 167 Å². The van der Waals surface area contributed by atoms with Gasteiger partial charge in [0, 0.05) is 18.6 Å². The molecule has 0 aliphatic rings.